The number of nitrogens with one attached hydrogen (secondary N) is 2. The van der Waals surface area contributed by atoms with Gasteiger partial charge in [0.1, 0.15) is 5.78 Å². The molecule has 0 atom stereocenters. The van der Waals surface area contributed by atoms with Gasteiger partial charge in [0.25, 0.3) is 0 Å². The summed E-state index contributed by atoms with van der Waals surface area (Å²) >= 11 is 5.14. The molecule has 1 aliphatic rings. The van der Waals surface area contributed by atoms with E-state index in [4.69, 9.17) is 12.2 Å². The van der Waals surface area contributed by atoms with Crippen molar-refractivity contribution in [3.63, 3.8) is 0 Å². The molecule has 0 unspecified atom stereocenters. The Morgan fingerprint density at radius 2 is 2.05 bits per heavy atom. The fourth-order valence-corrected chi connectivity index (χ4v) is 2.05. The summed E-state index contributed by atoms with van der Waals surface area (Å²) in [6.07, 6.45) is 2.90. The van der Waals surface area contributed by atoms with Crippen molar-refractivity contribution in [2.24, 2.45) is 5.10 Å². The Bertz CT molecular complexity index is 485. The number of carbonyl (C=O) groups is 1. The van der Waals surface area contributed by atoms with Crippen LogP contribution in [0.1, 0.15) is 31.2 Å². The number of hydrogen-bond acceptors (Lipinski definition) is 3. The molecule has 0 aromatic heterocycles. The molecule has 0 amide bonds. The lowest BCUT2D eigenvalue weighted by Crippen LogP contribution is -2.32. The molecule has 19 heavy (non-hydrogen) atoms. The molecule has 1 saturated carbocycles. The third kappa shape index (κ3) is 4.79. The van der Waals surface area contributed by atoms with Crippen molar-refractivity contribution in [2.45, 2.75) is 32.2 Å². The minimum Gasteiger partial charge on any atom is -0.357 e. The van der Waals surface area contributed by atoms with Crippen LogP contribution in [0.15, 0.2) is 35.4 Å². The second-order valence-electron chi connectivity index (χ2n) is 4.53. The summed E-state index contributed by atoms with van der Waals surface area (Å²) in [5, 5.41) is 7.75. The van der Waals surface area contributed by atoms with Crippen LogP contribution in [0.5, 0.6) is 0 Å². The van der Waals surface area contributed by atoms with E-state index in [1.807, 2.05) is 30.3 Å². The van der Waals surface area contributed by atoms with Crippen molar-refractivity contribution in [2.75, 3.05) is 0 Å². The Morgan fingerprint density at radius 3 is 2.79 bits per heavy atom. The zero-order valence-corrected chi connectivity index (χ0v) is 11.5. The molecular formula is C14H17N3OS. The van der Waals surface area contributed by atoms with Crippen molar-refractivity contribution < 1.29 is 4.79 Å². The molecule has 5 heteroatoms. The first kappa shape index (κ1) is 13.7. The van der Waals surface area contributed by atoms with Gasteiger partial charge < -0.3 is 5.32 Å². The molecule has 2 N–H and O–H groups in total. The van der Waals surface area contributed by atoms with Crippen LogP contribution in [0.25, 0.3) is 0 Å². The number of hydrazone groups is 1. The maximum atomic E-state index is 11.3. The first-order valence-corrected chi connectivity index (χ1v) is 6.80. The van der Waals surface area contributed by atoms with E-state index in [0.717, 1.165) is 24.1 Å². The molecular weight excluding hydrogens is 258 g/mol. The van der Waals surface area contributed by atoms with Crippen molar-refractivity contribution in [3.8, 4) is 0 Å². The third-order valence-electron chi connectivity index (χ3n) is 2.93. The van der Waals surface area contributed by atoms with Crippen LogP contribution < -0.4 is 10.7 Å². The summed E-state index contributed by atoms with van der Waals surface area (Å²) in [5.74, 6) is 0.259. The zero-order chi connectivity index (χ0) is 13.5. The van der Waals surface area contributed by atoms with Gasteiger partial charge in [-0.05, 0) is 30.6 Å². The highest BCUT2D eigenvalue weighted by atomic mass is 32.1. The molecule has 1 aliphatic carbocycles. The van der Waals surface area contributed by atoms with Gasteiger partial charge in [-0.2, -0.15) is 5.10 Å². The Morgan fingerprint density at radius 1 is 1.26 bits per heavy atom. The number of rotatable bonds is 3. The summed E-state index contributed by atoms with van der Waals surface area (Å²) in [7, 11) is 0. The van der Waals surface area contributed by atoms with Crippen LogP contribution in [-0.2, 0) is 11.3 Å². The fourth-order valence-electron chi connectivity index (χ4n) is 1.94. The zero-order valence-electron chi connectivity index (χ0n) is 10.7. The molecule has 2 rings (SSSR count). The molecule has 0 aliphatic heterocycles. The molecule has 0 spiro atoms. The molecule has 1 aromatic rings. The maximum absolute atomic E-state index is 11.3. The Hall–Kier alpha value is -1.75. The van der Waals surface area contributed by atoms with Crippen molar-refractivity contribution in [1.82, 2.24) is 10.7 Å². The lowest BCUT2D eigenvalue weighted by Gasteiger charge is -2.12. The summed E-state index contributed by atoms with van der Waals surface area (Å²) in [5.41, 5.74) is 4.85. The summed E-state index contributed by atoms with van der Waals surface area (Å²) in [4.78, 5) is 11.3. The van der Waals surface area contributed by atoms with Crippen molar-refractivity contribution >= 4 is 28.8 Å². The summed E-state index contributed by atoms with van der Waals surface area (Å²) in [6.45, 7) is 0.663. The lowest BCUT2D eigenvalue weighted by atomic mass is 9.97. The SMILES string of the molecule is O=C1CCCC(=NNC(=S)NCc2ccccc2)C1. The fraction of sp³-hybridized carbons (Fsp3) is 0.357. The van der Waals surface area contributed by atoms with Crippen LogP contribution in [-0.4, -0.2) is 16.6 Å². The van der Waals surface area contributed by atoms with E-state index in [1.54, 1.807) is 0 Å². The van der Waals surface area contributed by atoms with E-state index in [0.29, 0.717) is 24.5 Å². The third-order valence-corrected chi connectivity index (χ3v) is 3.17. The largest absolute Gasteiger partial charge is 0.357 e. The van der Waals surface area contributed by atoms with Gasteiger partial charge in [0, 0.05) is 25.1 Å². The second-order valence-corrected chi connectivity index (χ2v) is 4.94. The first-order chi connectivity index (χ1) is 9.24. The van der Waals surface area contributed by atoms with Gasteiger partial charge in [-0.15, -0.1) is 0 Å². The molecule has 1 aromatic carbocycles. The number of nitrogens with zero attached hydrogens (tertiary/aromatic N) is 1. The maximum Gasteiger partial charge on any atom is 0.187 e. The quantitative estimate of drug-likeness (QED) is 0.655. The number of Topliss-reactive ketones (excluding diaryl/α,β-unsaturated/α-hetero) is 1. The Labute approximate surface area is 118 Å². The normalized spacial score (nSPS) is 17.3. The highest BCUT2D eigenvalue weighted by molar-refractivity contribution is 7.80. The number of carbonyl (C=O) groups excluding carboxylic acids is 1. The number of hydrogen-bond donors (Lipinski definition) is 2. The molecule has 0 radical (unpaired) electrons. The molecule has 1 fully saturated rings. The van der Waals surface area contributed by atoms with Crippen LogP contribution in [0.3, 0.4) is 0 Å². The standard InChI is InChI=1S/C14H17N3OS/c18-13-8-4-7-12(9-13)16-17-14(19)15-10-11-5-2-1-3-6-11/h1-3,5-6H,4,7-10H2,(H2,15,17,19). The van der Waals surface area contributed by atoms with Crippen molar-refractivity contribution in [3.05, 3.63) is 35.9 Å². The van der Waals surface area contributed by atoms with E-state index in [9.17, 15) is 4.79 Å². The van der Waals surface area contributed by atoms with Crippen LogP contribution >= 0.6 is 12.2 Å². The number of ketones is 1. The number of benzene rings is 1. The topological polar surface area (TPSA) is 53.5 Å². The van der Waals surface area contributed by atoms with E-state index in [-0.39, 0.29) is 5.78 Å². The molecule has 0 bridgehead atoms. The van der Waals surface area contributed by atoms with Crippen molar-refractivity contribution in [1.29, 1.82) is 0 Å². The van der Waals surface area contributed by atoms with Gasteiger partial charge in [-0.1, -0.05) is 30.3 Å². The molecule has 4 nitrogen and oxygen atoms in total. The monoisotopic (exact) mass is 275 g/mol. The minimum atomic E-state index is 0.259. The predicted octanol–water partition coefficient (Wildman–Crippen LogP) is 2.15. The van der Waals surface area contributed by atoms with E-state index in [2.05, 4.69) is 15.8 Å². The van der Waals surface area contributed by atoms with E-state index in [1.165, 1.54) is 0 Å². The molecule has 100 valence electrons. The smallest absolute Gasteiger partial charge is 0.187 e. The van der Waals surface area contributed by atoms with Crippen LogP contribution in [0.4, 0.5) is 0 Å². The van der Waals surface area contributed by atoms with Gasteiger partial charge in [0.2, 0.25) is 0 Å². The minimum absolute atomic E-state index is 0.259. The van der Waals surface area contributed by atoms with E-state index >= 15 is 0 Å². The van der Waals surface area contributed by atoms with Gasteiger partial charge in [0.05, 0.1) is 0 Å². The number of thiocarbonyl (C=S) groups is 1. The summed E-state index contributed by atoms with van der Waals surface area (Å²) < 4.78 is 0. The lowest BCUT2D eigenvalue weighted by molar-refractivity contribution is -0.118. The average molecular weight is 275 g/mol. The molecule has 0 saturated heterocycles. The van der Waals surface area contributed by atoms with Crippen LogP contribution in [0.2, 0.25) is 0 Å². The molecule has 0 heterocycles. The van der Waals surface area contributed by atoms with Gasteiger partial charge in [0.15, 0.2) is 5.11 Å². The van der Waals surface area contributed by atoms with Gasteiger partial charge in [-0.25, -0.2) is 0 Å². The highest BCUT2D eigenvalue weighted by Gasteiger charge is 2.14. The highest BCUT2D eigenvalue weighted by Crippen LogP contribution is 2.11. The van der Waals surface area contributed by atoms with E-state index < -0.39 is 0 Å². The Balaban J connectivity index is 1.75. The average Bonchev–Trinajstić information content (AvgIpc) is 2.44. The van der Waals surface area contributed by atoms with Crippen LogP contribution in [0, 0.1) is 0 Å². The van der Waals surface area contributed by atoms with Gasteiger partial charge in [-0.3, -0.25) is 10.2 Å². The predicted molar refractivity (Wildman–Crippen MR) is 79.9 cm³/mol. The summed E-state index contributed by atoms with van der Waals surface area (Å²) in [6, 6.07) is 10.0. The first-order valence-electron chi connectivity index (χ1n) is 6.39. The van der Waals surface area contributed by atoms with Gasteiger partial charge >= 0.3 is 0 Å². The second kappa shape index (κ2) is 6.99. The Kier molecular flexibility index (Phi) is 5.03.